The number of aromatic nitrogens is 1. The van der Waals surface area contributed by atoms with Crippen molar-refractivity contribution in [2.24, 2.45) is 0 Å². The third kappa shape index (κ3) is 11.0. The fourth-order valence-corrected chi connectivity index (χ4v) is 6.47. The van der Waals surface area contributed by atoms with Crippen molar-refractivity contribution in [1.82, 2.24) is 14.8 Å². The monoisotopic (exact) mass is 729 g/mol. The number of carbonyl (C=O) groups excluding carboxylic acids is 1. The van der Waals surface area contributed by atoms with Gasteiger partial charge in [-0.15, -0.1) is 0 Å². The lowest BCUT2D eigenvalue weighted by Gasteiger charge is -2.34. The number of halogens is 1. The lowest BCUT2D eigenvalue weighted by molar-refractivity contribution is -0.127. The number of aryl methyl sites for hydroxylation is 2. The zero-order valence-corrected chi connectivity index (χ0v) is 31.8. The average molecular weight is 730 g/mol. The maximum atomic E-state index is 13.1. The number of pyridine rings is 1. The van der Waals surface area contributed by atoms with Gasteiger partial charge in [-0.3, -0.25) is 9.69 Å². The molecular weight excluding hydrogens is 682 g/mol. The van der Waals surface area contributed by atoms with Crippen LogP contribution in [0.2, 0.25) is 5.02 Å². The molecule has 0 saturated carbocycles. The number of benzene rings is 4. The van der Waals surface area contributed by atoms with E-state index in [-0.39, 0.29) is 5.91 Å². The molecule has 2 heterocycles. The van der Waals surface area contributed by atoms with Crippen LogP contribution in [0.1, 0.15) is 58.7 Å². The summed E-state index contributed by atoms with van der Waals surface area (Å²) in [4.78, 5) is 21.8. The molecule has 1 aliphatic rings. The molecule has 53 heavy (non-hydrogen) atoms. The molecule has 0 N–H and O–H groups in total. The van der Waals surface area contributed by atoms with Crippen LogP contribution >= 0.6 is 11.6 Å². The van der Waals surface area contributed by atoms with E-state index in [2.05, 4.69) is 103 Å². The molecule has 1 aliphatic heterocycles. The quantitative estimate of drug-likeness (QED) is 0.106. The molecule has 274 valence electrons. The van der Waals surface area contributed by atoms with Gasteiger partial charge in [-0.1, -0.05) is 91.7 Å². The Kier molecular flexibility index (Phi) is 12.8. The number of amides is 1. The van der Waals surface area contributed by atoms with Crippen LogP contribution in [0.15, 0.2) is 109 Å². The first-order valence-electron chi connectivity index (χ1n) is 18.3. The molecule has 1 saturated heterocycles. The van der Waals surface area contributed by atoms with Crippen molar-refractivity contribution in [2.75, 3.05) is 32.8 Å². The molecule has 0 bridgehead atoms. The topological polar surface area (TPSA) is 64.1 Å². The Balaban J connectivity index is 0.922. The van der Waals surface area contributed by atoms with Gasteiger partial charge in [-0.05, 0) is 89.6 Å². The number of rotatable bonds is 14. The van der Waals surface area contributed by atoms with E-state index in [0.29, 0.717) is 54.6 Å². The fraction of sp³-hybridized carbons (Fsp3) is 0.289. The van der Waals surface area contributed by atoms with Crippen LogP contribution in [0.3, 0.4) is 0 Å². The van der Waals surface area contributed by atoms with Crippen molar-refractivity contribution in [1.29, 1.82) is 0 Å². The fourth-order valence-electron chi connectivity index (χ4n) is 6.16. The third-order valence-corrected chi connectivity index (χ3v) is 9.71. The van der Waals surface area contributed by atoms with E-state index >= 15 is 0 Å². The Morgan fingerprint density at radius 1 is 0.811 bits per heavy atom. The molecule has 8 heteroatoms. The van der Waals surface area contributed by atoms with E-state index in [9.17, 15) is 4.79 Å². The summed E-state index contributed by atoms with van der Waals surface area (Å²) in [6, 6.07) is 32.7. The molecule has 5 aromatic rings. The van der Waals surface area contributed by atoms with Gasteiger partial charge in [0.25, 0.3) is 0 Å². The van der Waals surface area contributed by atoms with Gasteiger partial charge >= 0.3 is 0 Å². The van der Waals surface area contributed by atoms with Gasteiger partial charge in [0.1, 0.15) is 18.1 Å². The largest absolute Gasteiger partial charge is 0.493 e. The highest BCUT2D eigenvalue weighted by Gasteiger charge is 2.20. The van der Waals surface area contributed by atoms with E-state index in [4.69, 9.17) is 25.8 Å². The molecule has 1 aromatic heterocycles. The second kappa shape index (κ2) is 18.1. The smallest absolute Gasteiger partial charge is 0.246 e. The van der Waals surface area contributed by atoms with E-state index in [1.807, 2.05) is 30.0 Å². The minimum Gasteiger partial charge on any atom is -0.493 e. The SMILES string of the molecule is Cc1ccc(COc2ccc(Oc3c(C)cc(C=CC(=O)N4CCN(Cc5ccc(CCOc6ccc(C(C)C)cc6)cc5)CC4)cc3Cl)nc2)cc1. The Morgan fingerprint density at radius 2 is 1.49 bits per heavy atom. The Morgan fingerprint density at radius 3 is 2.15 bits per heavy atom. The number of hydrogen-bond donors (Lipinski definition) is 0. The number of hydrogen-bond acceptors (Lipinski definition) is 6. The Hall–Kier alpha value is -5.11. The lowest BCUT2D eigenvalue weighted by atomic mass is 10.0. The van der Waals surface area contributed by atoms with Crippen LogP contribution in [-0.2, 0) is 24.4 Å². The summed E-state index contributed by atoms with van der Waals surface area (Å²) < 4.78 is 17.9. The van der Waals surface area contributed by atoms with Gasteiger partial charge in [0, 0.05) is 51.3 Å². The van der Waals surface area contributed by atoms with Gasteiger partial charge in [-0.25, -0.2) is 4.98 Å². The standard InChI is InChI=1S/C45H48ClN3O4/c1-32(2)39-14-16-40(17-15-39)51-26-21-35-9-11-36(12-10-35)30-48-22-24-49(25-23-48)44(50)20-13-38-27-34(4)45(42(46)28-38)53-43-19-18-41(29-47-43)52-31-37-7-5-33(3)6-8-37/h5-20,27-29,32H,21-26,30-31H2,1-4H3. The molecule has 0 spiro atoms. The maximum absolute atomic E-state index is 13.1. The second-order valence-electron chi connectivity index (χ2n) is 13.9. The molecule has 0 aliphatic carbocycles. The van der Waals surface area contributed by atoms with Gasteiger partial charge < -0.3 is 19.1 Å². The number of carbonyl (C=O) groups is 1. The molecule has 0 radical (unpaired) electrons. The van der Waals surface area contributed by atoms with Crippen LogP contribution in [-0.4, -0.2) is 53.5 Å². The van der Waals surface area contributed by atoms with Gasteiger partial charge in [0.2, 0.25) is 11.8 Å². The first-order valence-corrected chi connectivity index (χ1v) is 18.7. The molecule has 0 unspecified atom stereocenters. The summed E-state index contributed by atoms with van der Waals surface area (Å²) in [5.41, 5.74) is 7.83. The second-order valence-corrected chi connectivity index (χ2v) is 14.3. The van der Waals surface area contributed by atoms with Crippen LogP contribution in [0, 0.1) is 13.8 Å². The number of nitrogens with zero attached hydrogens (tertiary/aromatic N) is 3. The molecule has 1 fully saturated rings. The minimum absolute atomic E-state index is 0.00456. The van der Waals surface area contributed by atoms with E-state index in [1.165, 1.54) is 22.3 Å². The normalized spacial score (nSPS) is 13.4. The molecule has 0 atom stereocenters. The first-order chi connectivity index (χ1) is 25.7. The number of piperazine rings is 1. The highest BCUT2D eigenvalue weighted by atomic mass is 35.5. The summed E-state index contributed by atoms with van der Waals surface area (Å²) >= 11 is 6.64. The van der Waals surface area contributed by atoms with E-state index in [1.54, 1.807) is 24.4 Å². The first kappa shape index (κ1) is 37.6. The molecule has 6 rings (SSSR count). The zero-order valence-electron chi connectivity index (χ0n) is 31.1. The third-order valence-electron chi connectivity index (χ3n) is 9.43. The average Bonchev–Trinajstić information content (AvgIpc) is 3.17. The Bertz CT molecular complexity index is 1940. The van der Waals surface area contributed by atoms with Crippen LogP contribution in [0.5, 0.6) is 23.1 Å². The predicted molar refractivity (Wildman–Crippen MR) is 213 cm³/mol. The summed E-state index contributed by atoms with van der Waals surface area (Å²) in [5, 5.41) is 0.445. The minimum atomic E-state index is -0.00456. The van der Waals surface area contributed by atoms with Crippen LogP contribution < -0.4 is 14.2 Å². The van der Waals surface area contributed by atoms with Crippen molar-refractivity contribution in [2.45, 2.75) is 53.2 Å². The molecule has 1 amide bonds. The number of ether oxygens (including phenoxy) is 3. The van der Waals surface area contributed by atoms with E-state index in [0.717, 1.165) is 48.5 Å². The van der Waals surface area contributed by atoms with Gasteiger partial charge in [0.05, 0.1) is 17.8 Å². The van der Waals surface area contributed by atoms with Crippen molar-refractivity contribution < 1.29 is 19.0 Å². The maximum Gasteiger partial charge on any atom is 0.246 e. The molecule has 7 nitrogen and oxygen atoms in total. The van der Waals surface area contributed by atoms with E-state index < -0.39 is 0 Å². The van der Waals surface area contributed by atoms with Crippen molar-refractivity contribution in [3.8, 4) is 23.1 Å². The van der Waals surface area contributed by atoms with Gasteiger partial charge in [0.15, 0.2) is 5.75 Å². The molecular formula is C45H48ClN3O4. The van der Waals surface area contributed by atoms with Crippen LogP contribution in [0.4, 0.5) is 0 Å². The van der Waals surface area contributed by atoms with Crippen molar-refractivity contribution in [3.63, 3.8) is 0 Å². The van der Waals surface area contributed by atoms with Gasteiger partial charge in [-0.2, -0.15) is 0 Å². The summed E-state index contributed by atoms with van der Waals surface area (Å²) in [6.45, 7) is 13.4. The van der Waals surface area contributed by atoms with Crippen LogP contribution in [0.25, 0.3) is 6.08 Å². The van der Waals surface area contributed by atoms with Crippen molar-refractivity contribution in [3.05, 3.63) is 153 Å². The Labute approximate surface area is 318 Å². The summed E-state index contributed by atoms with van der Waals surface area (Å²) in [6.07, 6.45) is 5.94. The predicted octanol–water partition coefficient (Wildman–Crippen LogP) is 9.83. The zero-order chi connectivity index (χ0) is 37.2. The highest BCUT2D eigenvalue weighted by Crippen LogP contribution is 2.34. The lowest BCUT2D eigenvalue weighted by Crippen LogP contribution is -2.47. The van der Waals surface area contributed by atoms with Crippen molar-refractivity contribution >= 4 is 23.6 Å². The molecule has 4 aromatic carbocycles. The highest BCUT2D eigenvalue weighted by molar-refractivity contribution is 6.32. The summed E-state index contributed by atoms with van der Waals surface area (Å²) in [7, 11) is 0. The summed E-state index contributed by atoms with van der Waals surface area (Å²) in [5.74, 6) is 3.02.